The zero-order valence-electron chi connectivity index (χ0n) is 17.9. The van der Waals surface area contributed by atoms with Gasteiger partial charge in [-0.1, -0.05) is 48.0 Å². The summed E-state index contributed by atoms with van der Waals surface area (Å²) in [6.45, 7) is 0.739. The Balaban J connectivity index is 1.18. The summed E-state index contributed by atoms with van der Waals surface area (Å²) in [6, 6.07) is 20.1. The number of hydrogen-bond acceptors (Lipinski definition) is 4. The zero-order chi connectivity index (χ0) is 23.5. The zero-order valence-corrected chi connectivity index (χ0v) is 19.4. The molecule has 0 spiro atoms. The smallest absolute Gasteiger partial charge is 0.265 e. The van der Waals surface area contributed by atoms with Crippen LogP contribution in [0.1, 0.15) is 20.8 Å². The van der Waals surface area contributed by atoms with E-state index in [-0.39, 0.29) is 11.7 Å². The number of ether oxygens (including phenoxy) is 1. The number of carbonyl (C=O) groups excluding carboxylic acids is 1. The Hall–Kier alpha value is -3.68. The van der Waals surface area contributed by atoms with E-state index in [0.29, 0.717) is 28.7 Å². The van der Waals surface area contributed by atoms with Gasteiger partial charge in [-0.15, -0.1) is 11.3 Å². The minimum Gasteiger partial charge on any atom is -0.489 e. The topological polar surface area (TPSA) is 56.2 Å². The van der Waals surface area contributed by atoms with E-state index in [0.717, 1.165) is 27.6 Å². The average Bonchev–Trinajstić information content (AvgIpc) is 3.49. The van der Waals surface area contributed by atoms with Gasteiger partial charge in [0, 0.05) is 16.8 Å². The van der Waals surface area contributed by atoms with E-state index >= 15 is 0 Å². The van der Waals surface area contributed by atoms with Crippen molar-refractivity contribution in [3.63, 3.8) is 0 Å². The molecule has 0 saturated heterocycles. The van der Waals surface area contributed by atoms with Crippen molar-refractivity contribution in [2.75, 3.05) is 5.32 Å². The molecule has 5 rings (SSSR count). The van der Waals surface area contributed by atoms with Gasteiger partial charge in [-0.2, -0.15) is 5.10 Å². The third-order valence-corrected chi connectivity index (χ3v) is 6.57. The van der Waals surface area contributed by atoms with Crippen LogP contribution in [0, 0.1) is 5.82 Å². The van der Waals surface area contributed by atoms with Crippen LogP contribution in [0.2, 0.25) is 5.02 Å². The lowest BCUT2D eigenvalue weighted by molar-refractivity contribution is 0.103. The van der Waals surface area contributed by atoms with Gasteiger partial charge in [-0.05, 0) is 52.0 Å². The van der Waals surface area contributed by atoms with E-state index in [1.54, 1.807) is 23.1 Å². The first kappa shape index (κ1) is 22.1. The molecule has 0 atom stereocenters. The molecule has 0 aliphatic carbocycles. The van der Waals surface area contributed by atoms with Crippen LogP contribution in [0.25, 0.3) is 10.8 Å². The SMILES string of the molecule is O=C(Nc1cnn(Cc2ccc(F)cc2Cl)c1)c1cc(COc2ccc3ccccc3c2)cs1. The average molecular weight is 492 g/mol. The largest absolute Gasteiger partial charge is 0.489 e. The summed E-state index contributed by atoms with van der Waals surface area (Å²) < 4.78 is 20.8. The number of nitrogens with one attached hydrogen (secondary N) is 1. The molecule has 2 heterocycles. The molecule has 1 amide bonds. The molecule has 1 N–H and O–H groups in total. The maximum absolute atomic E-state index is 13.2. The van der Waals surface area contributed by atoms with Gasteiger partial charge >= 0.3 is 0 Å². The second-order valence-corrected chi connectivity index (χ2v) is 9.05. The molecule has 8 heteroatoms. The van der Waals surface area contributed by atoms with Crippen LogP contribution in [0.4, 0.5) is 10.1 Å². The Morgan fingerprint density at radius 1 is 1.09 bits per heavy atom. The van der Waals surface area contributed by atoms with E-state index in [9.17, 15) is 9.18 Å². The van der Waals surface area contributed by atoms with E-state index in [4.69, 9.17) is 16.3 Å². The number of aromatic nitrogens is 2. The second-order valence-electron chi connectivity index (χ2n) is 7.73. The standard InChI is InChI=1S/C26H19ClFN3O2S/c27-24-11-21(28)7-5-20(24)13-31-14-22(12-29-31)30-26(32)25-9-17(16-34-25)15-33-23-8-6-18-3-1-2-4-19(18)10-23/h1-12,14,16H,13,15H2,(H,30,32). The highest BCUT2D eigenvalue weighted by Gasteiger charge is 2.12. The number of benzene rings is 3. The molecule has 170 valence electrons. The first-order valence-corrected chi connectivity index (χ1v) is 11.8. The second kappa shape index (κ2) is 9.67. The molecule has 34 heavy (non-hydrogen) atoms. The highest BCUT2D eigenvalue weighted by molar-refractivity contribution is 7.12. The summed E-state index contributed by atoms with van der Waals surface area (Å²) >= 11 is 7.44. The minimum absolute atomic E-state index is 0.221. The fourth-order valence-electron chi connectivity index (χ4n) is 3.53. The van der Waals surface area contributed by atoms with Crippen molar-refractivity contribution in [1.29, 1.82) is 0 Å². The number of rotatable bonds is 7. The van der Waals surface area contributed by atoms with Crippen molar-refractivity contribution >= 4 is 45.3 Å². The maximum atomic E-state index is 13.2. The van der Waals surface area contributed by atoms with Gasteiger partial charge in [0.25, 0.3) is 5.91 Å². The van der Waals surface area contributed by atoms with Gasteiger partial charge in [0.15, 0.2) is 0 Å². The number of nitrogens with zero attached hydrogens (tertiary/aromatic N) is 2. The van der Waals surface area contributed by atoms with E-state index in [2.05, 4.69) is 16.5 Å². The van der Waals surface area contributed by atoms with Crippen molar-refractivity contribution < 1.29 is 13.9 Å². The van der Waals surface area contributed by atoms with Crippen molar-refractivity contribution in [2.24, 2.45) is 0 Å². The third-order valence-electron chi connectivity index (χ3n) is 5.24. The lowest BCUT2D eigenvalue weighted by atomic mass is 10.1. The highest BCUT2D eigenvalue weighted by atomic mass is 35.5. The molecule has 5 aromatic rings. The number of carbonyl (C=O) groups is 1. The van der Waals surface area contributed by atoms with Crippen LogP contribution in [-0.2, 0) is 13.2 Å². The van der Waals surface area contributed by atoms with E-state index in [1.165, 1.54) is 23.5 Å². The molecular formula is C26H19ClFN3O2S. The van der Waals surface area contributed by atoms with Crippen LogP contribution in [0.3, 0.4) is 0 Å². The van der Waals surface area contributed by atoms with Crippen LogP contribution < -0.4 is 10.1 Å². The molecular weight excluding hydrogens is 473 g/mol. The summed E-state index contributed by atoms with van der Waals surface area (Å²) in [4.78, 5) is 13.2. The summed E-state index contributed by atoms with van der Waals surface area (Å²) in [7, 11) is 0. The number of halogens is 2. The highest BCUT2D eigenvalue weighted by Crippen LogP contribution is 2.23. The van der Waals surface area contributed by atoms with Crippen molar-refractivity contribution in [1.82, 2.24) is 9.78 Å². The monoisotopic (exact) mass is 491 g/mol. The normalized spacial score (nSPS) is 11.0. The quantitative estimate of drug-likeness (QED) is 0.273. The molecule has 0 fully saturated rings. The lowest BCUT2D eigenvalue weighted by Crippen LogP contribution is -2.09. The first-order chi connectivity index (χ1) is 16.5. The molecule has 0 saturated carbocycles. The molecule has 5 nitrogen and oxygen atoms in total. The van der Waals surface area contributed by atoms with Crippen LogP contribution >= 0.6 is 22.9 Å². The summed E-state index contributed by atoms with van der Waals surface area (Å²) in [5.41, 5.74) is 2.22. The Morgan fingerprint density at radius 3 is 2.79 bits per heavy atom. The number of anilines is 1. The number of thiophene rings is 1. The molecule has 0 unspecified atom stereocenters. The van der Waals surface area contributed by atoms with Crippen LogP contribution in [0.15, 0.2) is 84.5 Å². The van der Waals surface area contributed by atoms with Gasteiger partial charge in [0.1, 0.15) is 18.2 Å². The molecule has 2 aromatic heterocycles. The fraction of sp³-hybridized carbons (Fsp3) is 0.0769. The number of hydrogen-bond donors (Lipinski definition) is 1. The lowest BCUT2D eigenvalue weighted by Gasteiger charge is -2.06. The first-order valence-electron chi connectivity index (χ1n) is 10.5. The Labute approximate surface area is 204 Å². The van der Waals surface area contributed by atoms with Crippen molar-refractivity contribution in [3.8, 4) is 5.75 Å². The number of fused-ring (bicyclic) bond motifs is 1. The Bertz CT molecular complexity index is 1480. The minimum atomic E-state index is -0.389. The molecule has 0 radical (unpaired) electrons. The van der Waals surface area contributed by atoms with Crippen LogP contribution in [0.5, 0.6) is 5.75 Å². The molecule has 0 bridgehead atoms. The van der Waals surface area contributed by atoms with E-state index < -0.39 is 0 Å². The van der Waals surface area contributed by atoms with Crippen molar-refractivity contribution in [2.45, 2.75) is 13.2 Å². The van der Waals surface area contributed by atoms with Gasteiger partial charge in [0.05, 0.1) is 23.3 Å². The van der Waals surface area contributed by atoms with E-state index in [1.807, 2.05) is 47.8 Å². The third kappa shape index (κ3) is 5.11. The van der Waals surface area contributed by atoms with Gasteiger partial charge in [0.2, 0.25) is 0 Å². The summed E-state index contributed by atoms with van der Waals surface area (Å²) in [5.74, 6) is 0.172. The van der Waals surface area contributed by atoms with Crippen molar-refractivity contribution in [3.05, 3.63) is 111 Å². The summed E-state index contributed by atoms with van der Waals surface area (Å²) in [6.07, 6.45) is 3.27. The summed E-state index contributed by atoms with van der Waals surface area (Å²) in [5, 5.41) is 11.6. The predicted molar refractivity (Wildman–Crippen MR) is 133 cm³/mol. The fourth-order valence-corrected chi connectivity index (χ4v) is 4.54. The molecule has 3 aromatic carbocycles. The Morgan fingerprint density at radius 2 is 1.94 bits per heavy atom. The maximum Gasteiger partial charge on any atom is 0.265 e. The molecule has 0 aliphatic rings. The Kier molecular flexibility index (Phi) is 6.29. The number of amides is 1. The van der Waals surface area contributed by atoms with Gasteiger partial charge in [-0.3, -0.25) is 9.48 Å². The van der Waals surface area contributed by atoms with Gasteiger partial charge < -0.3 is 10.1 Å². The predicted octanol–water partition coefficient (Wildman–Crippen LogP) is 6.77. The molecule has 0 aliphatic heterocycles. The van der Waals surface area contributed by atoms with Crippen LogP contribution in [-0.4, -0.2) is 15.7 Å². The van der Waals surface area contributed by atoms with Gasteiger partial charge in [-0.25, -0.2) is 4.39 Å².